The van der Waals surface area contributed by atoms with Crippen molar-refractivity contribution in [3.63, 3.8) is 0 Å². The number of hydrogen-bond acceptors (Lipinski definition) is 2. The molecule has 0 saturated heterocycles. The van der Waals surface area contributed by atoms with Crippen LogP contribution in [0.1, 0.15) is 22.8 Å². The van der Waals surface area contributed by atoms with Gasteiger partial charge in [-0.2, -0.15) is 0 Å². The van der Waals surface area contributed by atoms with Gasteiger partial charge in [0.25, 0.3) is 0 Å². The van der Waals surface area contributed by atoms with Gasteiger partial charge in [0.2, 0.25) is 0 Å². The van der Waals surface area contributed by atoms with Crippen LogP contribution >= 0.6 is 0 Å². The van der Waals surface area contributed by atoms with E-state index in [1.807, 2.05) is 47.2 Å². The highest BCUT2D eigenvalue weighted by molar-refractivity contribution is 5.52. The fourth-order valence-electron chi connectivity index (χ4n) is 2.12. The lowest BCUT2D eigenvalue weighted by molar-refractivity contribution is -0.109. The fraction of sp³-hybridized carbons (Fsp3) is 0.250. The zero-order valence-corrected chi connectivity index (χ0v) is 11.6. The first kappa shape index (κ1) is 13.9. The smallest absolute Gasteiger partial charge is 0.139 e. The van der Waals surface area contributed by atoms with Gasteiger partial charge < -0.3 is 18.7 Å². The first-order valence-corrected chi connectivity index (χ1v) is 6.39. The van der Waals surface area contributed by atoms with Gasteiger partial charge in [0.1, 0.15) is 12.6 Å². The molecular formula is C16H16N2O2. The van der Waals surface area contributed by atoms with E-state index >= 15 is 0 Å². The summed E-state index contributed by atoms with van der Waals surface area (Å²) in [4.78, 5) is 21.4. The molecule has 0 bridgehead atoms. The zero-order chi connectivity index (χ0) is 14.5. The van der Waals surface area contributed by atoms with Crippen LogP contribution in [0.2, 0.25) is 0 Å². The quantitative estimate of drug-likeness (QED) is 0.626. The summed E-state index contributed by atoms with van der Waals surface area (Å²) in [6.07, 6.45) is 1.72. The Morgan fingerprint density at radius 2 is 1.25 bits per heavy atom. The Hall–Kier alpha value is -2.54. The minimum absolute atomic E-state index is 0.303. The predicted molar refractivity (Wildman–Crippen MR) is 76.4 cm³/mol. The number of rotatable bonds is 4. The minimum Gasteiger partial charge on any atom is -0.331 e. The van der Waals surface area contributed by atoms with Crippen molar-refractivity contribution in [3.05, 3.63) is 47.0 Å². The van der Waals surface area contributed by atoms with E-state index in [-0.39, 0.29) is 0 Å². The summed E-state index contributed by atoms with van der Waals surface area (Å²) >= 11 is 0. The Morgan fingerprint density at radius 1 is 0.850 bits per heavy atom. The van der Waals surface area contributed by atoms with Crippen molar-refractivity contribution in [3.8, 4) is 11.8 Å². The van der Waals surface area contributed by atoms with Crippen molar-refractivity contribution < 1.29 is 9.59 Å². The van der Waals surface area contributed by atoms with E-state index in [9.17, 15) is 9.59 Å². The predicted octanol–water partition coefficient (Wildman–Crippen LogP) is 1.70. The molecule has 0 radical (unpaired) electrons. The van der Waals surface area contributed by atoms with E-state index in [0.717, 1.165) is 35.3 Å². The van der Waals surface area contributed by atoms with Crippen LogP contribution < -0.4 is 0 Å². The highest BCUT2D eigenvalue weighted by Crippen LogP contribution is 2.09. The lowest BCUT2D eigenvalue weighted by Crippen LogP contribution is -2.04. The maximum Gasteiger partial charge on any atom is 0.139 e. The van der Waals surface area contributed by atoms with Crippen LogP contribution in [-0.2, 0) is 22.7 Å². The van der Waals surface area contributed by atoms with Crippen LogP contribution in [0.4, 0.5) is 0 Å². The minimum atomic E-state index is 0.303. The van der Waals surface area contributed by atoms with Gasteiger partial charge in [-0.15, -0.1) is 0 Å². The van der Waals surface area contributed by atoms with Gasteiger partial charge in [-0.25, -0.2) is 0 Å². The summed E-state index contributed by atoms with van der Waals surface area (Å²) in [6.45, 7) is 4.48. The first-order valence-electron chi connectivity index (χ1n) is 6.39. The first-order chi connectivity index (χ1) is 9.67. The second kappa shape index (κ2) is 6.07. The van der Waals surface area contributed by atoms with E-state index in [2.05, 4.69) is 11.8 Å². The zero-order valence-electron chi connectivity index (χ0n) is 11.6. The molecule has 0 saturated carbocycles. The number of aldehydes is 2. The van der Waals surface area contributed by atoms with Crippen LogP contribution in [0.5, 0.6) is 0 Å². The number of nitrogens with zero attached hydrogens (tertiary/aromatic N) is 2. The molecule has 0 atom stereocenters. The molecule has 0 aliphatic rings. The number of aryl methyl sites for hydroxylation is 2. The molecule has 0 unspecified atom stereocenters. The third kappa shape index (κ3) is 2.72. The van der Waals surface area contributed by atoms with Gasteiger partial charge in [-0.05, 0) is 50.0 Å². The maximum absolute atomic E-state index is 10.7. The summed E-state index contributed by atoms with van der Waals surface area (Å²) in [7, 11) is 0. The van der Waals surface area contributed by atoms with E-state index in [1.54, 1.807) is 0 Å². The van der Waals surface area contributed by atoms with Crippen molar-refractivity contribution in [1.82, 2.24) is 9.13 Å². The van der Waals surface area contributed by atoms with E-state index in [0.29, 0.717) is 13.1 Å². The molecule has 2 aromatic heterocycles. The average Bonchev–Trinajstić information content (AvgIpc) is 2.95. The summed E-state index contributed by atoms with van der Waals surface area (Å²) < 4.78 is 3.72. The molecule has 0 fully saturated rings. The van der Waals surface area contributed by atoms with Crippen LogP contribution in [0.3, 0.4) is 0 Å². The third-order valence-corrected chi connectivity index (χ3v) is 3.23. The second-order valence-corrected chi connectivity index (χ2v) is 4.52. The van der Waals surface area contributed by atoms with Crippen LogP contribution in [0.15, 0.2) is 24.3 Å². The van der Waals surface area contributed by atoms with E-state index in [4.69, 9.17) is 0 Å². The molecule has 20 heavy (non-hydrogen) atoms. The highest BCUT2D eigenvalue weighted by atomic mass is 16.1. The van der Waals surface area contributed by atoms with Gasteiger partial charge in [-0.1, -0.05) is 0 Å². The monoisotopic (exact) mass is 268 g/mol. The molecule has 0 N–H and O–H groups in total. The van der Waals surface area contributed by atoms with Crippen molar-refractivity contribution in [1.29, 1.82) is 0 Å². The molecule has 0 aliphatic heterocycles. The molecule has 0 aliphatic carbocycles. The number of aromatic nitrogens is 2. The third-order valence-electron chi connectivity index (χ3n) is 3.23. The number of carbonyl (C=O) groups is 2. The molecule has 4 nitrogen and oxygen atoms in total. The lowest BCUT2D eigenvalue weighted by atomic mass is 10.3. The van der Waals surface area contributed by atoms with Crippen molar-refractivity contribution in [2.45, 2.75) is 26.9 Å². The molecule has 4 heteroatoms. The van der Waals surface area contributed by atoms with Crippen molar-refractivity contribution in [2.24, 2.45) is 0 Å². The van der Waals surface area contributed by atoms with Crippen LogP contribution in [0.25, 0.3) is 0 Å². The van der Waals surface area contributed by atoms with E-state index < -0.39 is 0 Å². The van der Waals surface area contributed by atoms with Gasteiger partial charge >= 0.3 is 0 Å². The Bertz CT molecular complexity index is 638. The molecule has 0 amide bonds. The number of hydrogen-bond donors (Lipinski definition) is 0. The fourth-order valence-corrected chi connectivity index (χ4v) is 2.12. The van der Waals surface area contributed by atoms with E-state index in [1.165, 1.54) is 0 Å². The summed E-state index contributed by atoms with van der Waals surface area (Å²) in [6, 6.07) is 7.66. The average molecular weight is 268 g/mol. The maximum atomic E-state index is 10.7. The molecule has 2 heterocycles. The molecule has 2 aromatic rings. The molecular weight excluding hydrogens is 252 g/mol. The molecule has 2 rings (SSSR count). The van der Waals surface area contributed by atoms with Crippen molar-refractivity contribution >= 4 is 12.6 Å². The summed E-state index contributed by atoms with van der Waals surface area (Å²) in [5.74, 6) is 6.13. The summed E-state index contributed by atoms with van der Waals surface area (Å²) in [5.41, 5.74) is 3.60. The Labute approximate surface area is 118 Å². The Balaban J connectivity index is 2.36. The van der Waals surface area contributed by atoms with Crippen LogP contribution in [-0.4, -0.2) is 21.7 Å². The second-order valence-electron chi connectivity index (χ2n) is 4.52. The van der Waals surface area contributed by atoms with Crippen molar-refractivity contribution in [2.75, 3.05) is 0 Å². The standard InChI is InChI=1S/C16H16N2O2/c1-13-3-5-15(17(13)9-11-19)7-8-16-6-4-14(2)18(16)10-12-20/h3-6,11-12H,9-10H2,1-2H3. The van der Waals surface area contributed by atoms with Crippen LogP contribution in [0, 0.1) is 25.7 Å². The highest BCUT2D eigenvalue weighted by Gasteiger charge is 2.03. The topological polar surface area (TPSA) is 44.0 Å². The summed E-state index contributed by atoms with van der Waals surface area (Å²) in [5, 5.41) is 0. The lowest BCUT2D eigenvalue weighted by Gasteiger charge is -2.03. The SMILES string of the molecule is Cc1ccc(C#Cc2ccc(C)n2CC=O)n1CC=O. The molecule has 0 aromatic carbocycles. The number of carbonyl (C=O) groups excluding carboxylic acids is 2. The largest absolute Gasteiger partial charge is 0.331 e. The van der Waals surface area contributed by atoms with Gasteiger partial charge in [0.05, 0.1) is 24.5 Å². The Morgan fingerprint density at radius 3 is 1.60 bits per heavy atom. The molecule has 0 spiro atoms. The Kier molecular flexibility index (Phi) is 4.21. The van der Waals surface area contributed by atoms with Gasteiger partial charge in [0.15, 0.2) is 0 Å². The normalized spacial score (nSPS) is 9.90. The molecule has 102 valence electrons. The van der Waals surface area contributed by atoms with Gasteiger partial charge in [-0.3, -0.25) is 0 Å². The van der Waals surface area contributed by atoms with Gasteiger partial charge in [0, 0.05) is 11.4 Å².